The minimum atomic E-state index is -0.0312. The Kier molecular flexibility index (Phi) is 5.59. The lowest BCUT2D eigenvalue weighted by Gasteiger charge is -1.97. The van der Waals surface area contributed by atoms with E-state index in [1.165, 1.54) is 6.20 Å². The van der Waals surface area contributed by atoms with Gasteiger partial charge in [-0.1, -0.05) is 25.9 Å². The molecule has 1 heterocycles. The SMILES string of the molecule is CC.CCC(=O)Nc1cnoc1C. The number of carbonyl (C=O) groups is 1. The molecule has 0 atom stereocenters. The maximum Gasteiger partial charge on any atom is 0.224 e. The van der Waals surface area contributed by atoms with Gasteiger partial charge < -0.3 is 9.84 Å². The van der Waals surface area contributed by atoms with E-state index >= 15 is 0 Å². The maximum absolute atomic E-state index is 10.9. The lowest BCUT2D eigenvalue weighted by molar-refractivity contribution is -0.115. The smallest absolute Gasteiger partial charge is 0.224 e. The predicted molar refractivity (Wildman–Crippen MR) is 51.5 cm³/mol. The highest BCUT2D eigenvalue weighted by Crippen LogP contribution is 2.11. The molecule has 13 heavy (non-hydrogen) atoms. The average Bonchev–Trinajstić information content (AvgIpc) is 2.55. The largest absolute Gasteiger partial charge is 0.359 e. The zero-order chi connectivity index (χ0) is 10.3. The molecule has 0 aliphatic heterocycles. The van der Waals surface area contributed by atoms with Crippen molar-refractivity contribution < 1.29 is 9.32 Å². The van der Waals surface area contributed by atoms with Crippen LogP contribution in [0.4, 0.5) is 5.69 Å². The first-order valence-corrected chi connectivity index (χ1v) is 4.45. The molecule has 0 spiro atoms. The van der Waals surface area contributed by atoms with Gasteiger partial charge in [0.1, 0.15) is 5.69 Å². The Labute approximate surface area is 78.3 Å². The van der Waals surface area contributed by atoms with Crippen molar-refractivity contribution >= 4 is 11.6 Å². The molecule has 1 amide bonds. The molecule has 1 aromatic rings. The monoisotopic (exact) mass is 184 g/mol. The molecule has 0 saturated heterocycles. The summed E-state index contributed by atoms with van der Waals surface area (Å²) in [4.78, 5) is 10.9. The normalized spacial score (nSPS) is 8.62. The Hall–Kier alpha value is -1.32. The summed E-state index contributed by atoms with van der Waals surface area (Å²) < 4.78 is 4.75. The first-order chi connectivity index (χ1) is 6.24. The van der Waals surface area contributed by atoms with Crippen molar-refractivity contribution in [2.45, 2.75) is 34.1 Å². The molecule has 1 N–H and O–H groups in total. The number of aryl methyl sites for hydroxylation is 1. The molecule has 0 radical (unpaired) electrons. The molecule has 4 nitrogen and oxygen atoms in total. The zero-order valence-corrected chi connectivity index (χ0v) is 8.55. The van der Waals surface area contributed by atoms with Crippen LogP contribution in [0.3, 0.4) is 0 Å². The first-order valence-electron chi connectivity index (χ1n) is 4.45. The molecular formula is C9H16N2O2. The Morgan fingerprint density at radius 2 is 2.23 bits per heavy atom. The highest BCUT2D eigenvalue weighted by atomic mass is 16.5. The van der Waals surface area contributed by atoms with Crippen molar-refractivity contribution in [3.05, 3.63) is 12.0 Å². The van der Waals surface area contributed by atoms with E-state index in [1.54, 1.807) is 13.8 Å². The van der Waals surface area contributed by atoms with Gasteiger partial charge in [0.15, 0.2) is 5.76 Å². The number of carbonyl (C=O) groups excluding carboxylic acids is 1. The Morgan fingerprint density at radius 1 is 1.62 bits per heavy atom. The van der Waals surface area contributed by atoms with Gasteiger partial charge in [-0.25, -0.2) is 0 Å². The summed E-state index contributed by atoms with van der Waals surface area (Å²) in [7, 11) is 0. The van der Waals surface area contributed by atoms with Crippen LogP contribution >= 0.6 is 0 Å². The number of hydrogen-bond acceptors (Lipinski definition) is 3. The van der Waals surface area contributed by atoms with Crippen LogP contribution in [-0.2, 0) is 4.79 Å². The Balaban J connectivity index is 0.000000671. The van der Waals surface area contributed by atoms with Crippen LogP contribution in [0.2, 0.25) is 0 Å². The molecule has 0 aliphatic rings. The second-order valence-electron chi connectivity index (χ2n) is 2.20. The van der Waals surface area contributed by atoms with Gasteiger partial charge in [0.2, 0.25) is 5.91 Å². The van der Waals surface area contributed by atoms with Crippen LogP contribution in [0.5, 0.6) is 0 Å². The van der Waals surface area contributed by atoms with Crippen molar-refractivity contribution in [1.29, 1.82) is 0 Å². The predicted octanol–water partition coefficient (Wildman–Crippen LogP) is 2.36. The number of nitrogens with one attached hydrogen (secondary N) is 1. The first kappa shape index (κ1) is 11.7. The summed E-state index contributed by atoms with van der Waals surface area (Å²) in [6.45, 7) is 7.54. The molecular weight excluding hydrogens is 168 g/mol. The summed E-state index contributed by atoms with van der Waals surface area (Å²) >= 11 is 0. The van der Waals surface area contributed by atoms with E-state index in [0.29, 0.717) is 17.9 Å². The molecule has 0 bridgehead atoms. The van der Waals surface area contributed by atoms with Crippen LogP contribution in [0.1, 0.15) is 33.0 Å². The zero-order valence-electron chi connectivity index (χ0n) is 8.55. The van der Waals surface area contributed by atoms with E-state index in [9.17, 15) is 4.79 Å². The van der Waals surface area contributed by atoms with Crippen LogP contribution in [0.15, 0.2) is 10.7 Å². The molecule has 4 heteroatoms. The second kappa shape index (κ2) is 6.22. The fourth-order valence-electron chi connectivity index (χ4n) is 0.657. The van der Waals surface area contributed by atoms with Crippen LogP contribution in [-0.4, -0.2) is 11.1 Å². The third kappa shape index (κ3) is 3.73. The van der Waals surface area contributed by atoms with E-state index in [2.05, 4.69) is 10.5 Å². The summed E-state index contributed by atoms with van der Waals surface area (Å²) in [5.74, 6) is 0.600. The molecule has 1 aromatic heterocycles. The number of rotatable bonds is 2. The summed E-state index contributed by atoms with van der Waals surface area (Å²) in [5.41, 5.74) is 0.650. The van der Waals surface area contributed by atoms with Crippen molar-refractivity contribution in [2.24, 2.45) is 0 Å². The number of hydrogen-bond donors (Lipinski definition) is 1. The van der Waals surface area contributed by atoms with Gasteiger partial charge in [0.25, 0.3) is 0 Å². The highest BCUT2D eigenvalue weighted by molar-refractivity contribution is 5.90. The fourth-order valence-corrected chi connectivity index (χ4v) is 0.657. The van der Waals surface area contributed by atoms with Crippen LogP contribution < -0.4 is 5.32 Å². The third-order valence-electron chi connectivity index (χ3n) is 1.35. The van der Waals surface area contributed by atoms with Gasteiger partial charge in [0.05, 0.1) is 6.20 Å². The van der Waals surface area contributed by atoms with E-state index in [-0.39, 0.29) is 5.91 Å². The highest BCUT2D eigenvalue weighted by Gasteiger charge is 2.04. The van der Waals surface area contributed by atoms with E-state index in [0.717, 1.165) is 0 Å². The molecule has 0 unspecified atom stereocenters. The van der Waals surface area contributed by atoms with Crippen molar-refractivity contribution in [2.75, 3.05) is 5.32 Å². The molecule has 0 aromatic carbocycles. The van der Waals surface area contributed by atoms with Gasteiger partial charge in [-0.05, 0) is 6.92 Å². The van der Waals surface area contributed by atoms with Gasteiger partial charge in [0, 0.05) is 6.42 Å². The van der Waals surface area contributed by atoms with Gasteiger partial charge >= 0.3 is 0 Å². The molecule has 1 rings (SSSR count). The van der Waals surface area contributed by atoms with E-state index in [4.69, 9.17) is 4.52 Å². The van der Waals surface area contributed by atoms with Gasteiger partial charge in [-0.3, -0.25) is 4.79 Å². The lowest BCUT2D eigenvalue weighted by Crippen LogP contribution is -2.09. The van der Waals surface area contributed by atoms with Crippen molar-refractivity contribution in [3.8, 4) is 0 Å². The second-order valence-corrected chi connectivity index (χ2v) is 2.20. The molecule has 0 aliphatic carbocycles. The standard InChI is InChI=1S/C7H10N2O2.C2H6/c1-3-7(10)9-6-4-8-11-5(6)2;1-2/h4H,3H2,1-2H3,(H,9,10);1-2H3. The minimum Gasteiger partial charge on any atom is -0.359 e. The van der Waals surface area contributed by atoms with Gasteiger partial charge in [-0.15, -0.1) is 0 Å². The summed E-state index contributed by atoms with van der Waals surface area (Å²) in [6, 6.07) is 0. The molecule has 74 valence electrons. The molecule has 0 saturated carbocycles. The quantitative estimate of drug-likeness (QED) is 0.767. The van der Waals surface area contributed by atoms with E-state index < -0.39 is 0 Å². The average molecular weight is 184 g/mol. The maximum atomic E-state index is 10.9. The third-order valence-corrected chi connectivity index (χ3v) is 1.35. The minimum absolute atomic E-state index is 0.0312. The number of nitrogens with zero attached hydrogens (tertiary/aromatic N) is 1. The fraction of sp³-hybridized carbons (Fsp3) is 0.556. The summed E-state index contributed by atoms with van der Waals surface area (Å²) in [6.07, 6.45) is 1.95. The van der Waals surface area contributed by atoms with E-state index in [1.807, 2.05) is 13.8 Å². The number of aromatic nitrogens is 1. The van der Waals surface area contributed by atoms with Crippen LogP contribution in [0.25, 0.3) is 0 Å². The van der Waals surface area contributed by atoms with Crippen molar-refractivity contribution in [3.63, 3.8) is 0 Å². The van der Waals surface area contributed by atoms with Gasteiger partial charge in [-0.2, -0.15) is 0 Å². The van der Waals surface area contributed by atoms with Crippen LogP contribution in [0, 0.1) is 6.92 Å². The Morgan fingerprint density at radius 3 is 2.62 bits per heavy atom. The summed E-state index contributed by atoms with van der Waals surface area (Å²) in [5, 5.41) is 6.16. The lowest BCUT2D eigenvalue weighted by atomic mass is 10.4. The van der Waals surface area contributed by atoms with Crippen molar-refractivity contribution in [1.82, 2.24) is 5.16 Å². The Bertz CT molecular complexity index is 256. The topological polar surface area (TPSA) is 55.1 Å². The number of amides is 1. The number of anilines is 1. The molecule has 0 fully saturated rings.